The van der Waals surface area contributed by atoms with Gasteiger partial charge in [0.05, 0.1) is 29.7 Å². The van der Waals surface area contributed by atoms with Gasteiger partial charge in [0, 0.05) is 0 Å². The van der Waals surface area contributed by atoms with Gasteiger partial charge >= 0.3 is 5.97 Å². The summed E-state index contributed by atoms with van der Waals surface area (Å²) in [5.74, 6) is -1.51. The van der Waals surface area contributed by atoms with E-state index < -0.39 is 30.4 Å². The minimum atomic E-state index is -1.46. The maximum absolute atomic E-state index is 13.3. The number of esters is 1. The average molecular weight is 297 g/mol. The van der Waals surface area contributed by atoms with E-state index in [2.05, 4.69) is 4.74 Å². The predicted octanol–water partition coefficient (Wildman–Crippen LogP) is 2.09. The summed E-state index contributed by atoms with van der Waals surface area (Å²) in [7, 11) is 1.15. The Balaban J connectivity index is 2.90. The Kier molecular flexibility index (Phi) is 5.34. The van der Waals surface area contributed by atoms with E-state index >= 15 is 0 Å². The number of carbonyl (C=O) groups excluding carboxylic acids is 1. The van der Waals surface area contributed by atoms with Gasteiger partial charge in [0.2, 0.25) is 0 Å². The Bertz CT molecular complexity index is 430. The van der Waals surface area contributed by atoms with Gasteiger partial charge in [-0.3, -0.25) is 4.79 Å². The molecule has 2 unspecified atom stereocenters. The van der Waals surface area contributed by atoms with Crippen LogP contribution in [0.5, 0.6) is 0 Å². The number of aliphatic hydroxyl groups excluding tert-OH is 2. The van der Waals surface area contributed by atoms with Crippen LogP contribution in [0.4, 0.5) is 4.39 Å². The van der Waals surface area contributed by atoms with Crippen molar-refractivity contribution in [2.75, 3.05) is 7.11 Å². The van der Waals surface area contributed by atoms with E-state index in [1.807, 2.05) is 0 Å². The summed E-state index contributed by atoms with van der Waals surface area (Å²) < 4.78 is 17.6. The fourth-order valence-electron chi connectivity index (χ4n) is 1.33. The number of ether oxygens (including phenoxy) is 1. The molecule has 100 valence electrons. The minimum absolute atomic E-state index is 0.0262. The smallest absolute Gasteiger partial charge is 0.308 e. The highest BCUT2D eigenvalue weighted by atomic mass is 35.5. The number of rotatable bonds is 4. The van der Waals surface area contributed by atoms with Gasteiger partial charge < -0.3 is 14.9 Å². The van der Waals surface area contributed by atoms with Crippen molar-refractivity contribution in [3.8, 4) is 0 Å². The summed E-state index contributed by atoms with van der Waals surface area (Å²) in [5.41, 5.74) is 0.0262. The van der Waals surface area contributed by atoms with Crippen LogP contribution in [-0.2, 0) is 9.53 Å². The van der Waals surface area contributed by atoms with Crippen LogP contribution in [0, 0.1) is 5.82 Å². The first-order valence-corrected chi connectivity index (χ1v) is 5.69. The van der Waals surface area contributed by atoms with Crippen LogP contribution in [0.2, 0.25) is 10.0 Å². The second kappa shape index (κ2) is 6.33. The first-order valence-electron chi connectivity index (χ1n) is 4.94. The molecular weight excluding hydrogens is 286 g/mol. The zero-order valence-corrected chi connectivity index (χ0v) is 10.9. The fraction of sp³-hybridized carbons (Fsp3) is 0.364. The van der Waals surface area contributed by atoms with Crippen LogP contribution in [0.25, 0.3) is 0 Å². The molecule has 0 saturated heterocycles. The van der Waals surface area contributed by atoms with Gasteiger partial charge in [-0.25, -0.2) is 4.39 Å². The van der Waals surface area contributed by atoms with Gasteiger partial charge in [-0.1, -0.05) is 23.2 Å². The molecule has 0 fully saturated rings. The maximum Gasteiger partial charge on any atom is 0.308 e. The second-order valence-electron chi connectivity index (χ2n) is 3.59. The zero-order valence-electron chi connectivity index (χ0n) is 9.36. The molecule has 0 bridgehead atoms. The monoisotopic (exact) mass is 296 g/mol. The molecule has 1 aromatic rings. The molecule has 0 aliphatic carbocycles. The number of aliphatic hydroxyl groups is 2. The number of carbonyl (C=O) groups is 1. The number of methoxy groups -OCH3 is 1. The molecule has 4 nitrogen and oxygen atoms in total. The van der Waals surface area contributed by atoms with Crippen LogP contribution in [0.3, 0.4) is 0 Å². The van der Waals surface area contributed by atoms with Gasteiger partial charge in [-0.2, -0.15) is 0 Å². The third-order valence-electron chi connectivity index (χ3n) is 2.32. The van der Waals surface area contributed by atoms with Crippen molar-refractivity contribution < 1.29 is 24.1 Å². The topological polar surface area (TPSA) is 66.8 Å². The predicted molar refractivity (Wildman–Crippen MR) is 64.0 cm³/mol. The highest BCUT2D eigenvalue weighted by molar-refractivity contribution is 6.42. The molecule has 2 atom stereocenters. The molecule has 0 amide bonds. The van der Waals surface area contributed by atoms with E-state index in [0.717, 1.165) is 13.2 Å². The summed E-state index contributed by atoms with van der Waals surface area (Å²) in [4.78, 5) is 10.9. The van der Waals surface area contributed by atoms with Crippen LogP contribution in [0.1, 0.15) is 18.1 Å². The number of halogens is 3. The molecule has 0 aliphatic rings. The van der Waals surface area contributed by atoms with E-state index in [9.17, 15) is 19.4 Å². The van der Waals surface area contributed by atoms with Gasteiger partial charge in [-0.15, -0.1) is 0 Å². The van der Waals surface area contributed by atoms with Gasteiger partial charge in [-0.05, 0) is 17.7 Å². The largest absolute Gasteiger partial charge is 0.469 e. The molecule has 2 N–H and O–H groups in total. The van der Waals surface area contributed by atoms with Crippen LogP contribution in [-0.4, -0.2) is 29.4 Å². The molecule has 0 aliphatic heterocycles. The van der Waals surface area contributed by atoms with Crippen molar-refractivity contribution >= 4 is 29.2 Å². The number of hydrogen-bond donors (Lipinski definition) is 2. The molecule has 1 rings (SSSR count). The molecule has 0 heterocycles. The summed E-state index contributed by atoms with van der Waals surface area (Å²) >= 11 is 11.2. The lowest BCUT2D eigenvalue weighted by molar-refractivity contribution is -0.144. The van der Waals surface area contributed by atoms with E-state index in [1.54, 1.807) is 0 Å². The average Bonchev–Trinajstić information content (AvgIpc) is 2.33. The summed E-state index contributed by atoms with van der Waals surface area (Å²) in [6, 6.07) is 2.16. The molecule has 0 spiro atoms. The molecular formula is C11H11Cl2FO4. The summed E-state index contributed by atoms with van der Waals surface area (Å²) in [6.45, 7) is 0. The third-order valence-corrected chi connectivity index (χ3v) is 3.09. The first kappa shape index (κ1) is 15.2. The van der Waals surface area contributed by atoms with Crippen molar-refractivity contribution in [3.05, 3.63) is 33.6 Å². The lowest BCUT2D eigenvalue weighted by Crippen LogP contribution is -2.22. The van der Waals surface area contributed by atoms with Gasteiger partial charge in [0.1, 0.15) is 11.9 Å². The SMILES string of the molecule is COC(=O)CC(O)C(O)c1cc(F)c(Cl)c(Cl)c1. The van der Waals surface area contributed by atoms with Crippen LogP contribution < -0.4 is 0 Å². The van der Waals surface area contributed by atoms with E-state index in [0.29, 0.717) is 0 Å². The zero-order chi connectivity index (χ0) is 13.9. The van der Waals surface area contributed by atoms with Crippen molar-refractivity contribution in [1.82, 2.24) is 0 Å². The van der Waals surface area contributed by atoms with Gasteiger partial charge in [0.25, 0.3) is 0 Å². The van der Waals surface area contributed by atoms with Crippen molar-refractivity contribution in [2.45, 2.75) is 18.6 Å². The summed E-state index contributed by atoms with van der Waals surface area (Å²) in [6.07, 6.45) is -3.30. The van der Waals surface area contributed by atoms with Crippen molar-refractivity contribution in [1.29, 1.82) is 0 Å². The standard InChI is InChI=1S/C11H11Cl2FO4/c1-18-9(16)4-8(15)11(17)5-2-6(12)10(13)7(14)3-5/h2-3,8,11,15,17H,4H2,1H3. The second-order valence-corrected chi connectivity index (χ2v) is 4.38. The van der Waals surface area contributed by atoms with Crippen LogP contribution >= 0.6 is 23.2 Å². The Morgan fingerprint density at radius 2 is 2.06 bits per heavy atom. The van der Waals surface area contributed by atoms with Crippen molar-refractivity contribution in [3.63, 3.8) is 0 Å². The highest BCUT2D eigenvalue weighted by Gasteiger charge is 2.23. The highest BCUT2D eigenvalue weighted by Crippen LogP contribution is 2.30. The normalized spacial score (nSPS) is 14.1. The molecule has 0 saturated carbocycles. The molecule has 1 aromatic carbocycles. The minimum Gasteiger partial charge on any atom is -0.469 e. The number of benzene rings is 1. The maximum atomic E-state index is 13.3. The van der Waals surface area contributed by atoms with E-state index in [-0.39, 0.29) is 15.6 Å². The third kappa shape index (κ3) is 3.55. The molecule has 0 radical (unpaired) electrons. The molecule has 0 aromatic heterocycles. The lowest BCUT2D eigenvalue weighted by atomic mass is 10.0. The Morgan fingerprint density at radius 3 is 2.56 bits per heavy atom. The van der Waals surface area contributed by atoms with E-state index in [4.69, 9.17) is 23.2 Å². The first-order chi connectivity index (χ1) is 8.36. The Morgan fingerprint density at radius 1 is 1.44 bits per heavy atom. The summed E-state index contributed by atoms with van der Waals surface area (Å²) in [5, 5.41) is 19.0. The molecule has 7 heteroatoms. The Hall–Kier alpha value is -0.880. The van der Waals surface area contributed by atoms with Gasteiger partial charge in [0.15, 0.2) is 0 Å². The van der Waals surface area contributed by atoms with Crippen LogP contribution in [0.15, 0.2) is 12.1 Å². The number of hydrogen-bond acceptors (Lipinski definition) is 4. The van der Waals surface area contributed by atoms with E-state index in [1.165, 1.54) is 6.07 Å². The lowest BCUT2D eigenvalue weighted by Gasteiger charge is -2.17. The molecule has 18 heavy (non-hydrogen) atoms. The Labute approximate surface area is 113 Å². The van der Waals surface area contributed by atoms with Crippen molar-refractivity contribution in [2.24, 2.45) is 0 Å². The fourth-order valence-corrected chi connectivity index (χ4v) is 1.66. The quantitative estimate of drug-likeness (QED) is 0.659.